The van der Waals surface area contributed by atoms with Crippen LogP contribution < -0.4 is 5.32 Å². The van der Waals surface area contributed by atoms with E-state index in [1.54, 1.807) is 5.51 Å². The van der Waals surface area contributed by atoms with E-state index in [0.29, 0.717) is 17.5 Å². The molecule has 2 saturated heterocycles. The van der Waals surface area contributed by atoms with Crippen molar-refractivity contribution in [3.63, 3.8) is 0 Å². The van der Waals surface area contributed by atoms with Gasteiger partial charge in [-0.2, -0.15) is 0 Å². The molecular weight excluding hydrogens is 222 g/mol. The van der Waals surface area contributed by atoms with E-state index in [4.69, 9.17) is 0 Å². The molecule has 0 aliphatic carbocycles. The Kier molecular flexibility index (Phi) is 2.65. The molecule has 0 radical (unpaired) electrons. The standard InChI is InChI=1S/C11H15N3OS/c15-11(10-6-16-7-13-10)14-4-8-1-9(5-14)3-12-2-8/h6-9,12H,1-5H2. The zero-order valence-electron chi connectivity index (χ0n) is 9.06. The van der Waals surface area contributed by atoms with E-state index in [-0.39, 0.29) is 5.91 Å². The maximum absolute atomic E-state index is 12.1. The lowest BCUT2D eigenvalue weighted by atomic mass is 9.86. The number of hydrogen-bond acceptors (Lipinski definition) is 4. The highest BCUT2D eigenvalue weighted by molar-refractivity contribution is 7.07. The van der Waals surface area contributed by atoms with Crippen LogP contribution in [0.15, 0.2) is 10.9 Å². The van der Waals surface area contributed by atoms with Crippen molar-refractivity contribution in [2.75, 3.05) is 26.2 Å². The number of likely N-dealkylation sites (tertiary alicyclic amines) is 1. The van der Waals surface area contributed by atoms with Gasteiger partial charge in [-0.15, -0.1) is 11.3 Å². The number of rotatable bonds is 1. The largest absolute Gasteiger partial charge is 0.337 e. The van der Waals surface area contributed by atoms with Gasteiger partial charge in [0.05, 0.1) is 5.51 Å². The molecule has 0 aromatic carbocycles. The molecule has 16 heavy (non-hydrogen) atoms. The van der Waals surface area contributed by atoms with E-state index >= 15 is 0 Å². The number of carbonyl (C=O) groups excluding carboxylic acids is 1. The van der Waals surface area contributed by atoms with E-state index in [2.05, 4.69) is 10.3 Å². The molecule has 4 nitrogen and oxygen atoms in total. The van der Waals surface area contributed by atoms with Crippen LogP contribution in [-0.2, 0) is 0 Å². The highest BCUT2D eigenvalue weighted by atomic mass is 32.1. The van der Waals surface area contributed by atoms with Gasteiger partial charge in [0, 0.05) is 18.5 Å². The van der Waals surface area contributed by atoms with Crippen LogP contribution in [-0.4, -0.2) is 42.0 Å². The van der Waals surface area contributed by atoms with E-state index in [1.807, 2.05) is 10.3 Å². The summed E-state index contributed by atoms with van der Waals surface area (Å²) in [5.74, 6) is 1.38. The number of amides is 1. The van der Waals surface area contributed by atoms with Gasteiger partial charge in [0.15, 0.2) is 0 Å². The Hall–Kier alpha value is -0.940. The third-order valence-corrected chi connectivity index (χ3v) is 4.01. The van der Waals surface area contributed by atoms with Crippen LogP contribution in [0.4, 0.5) is 0 Å². The van der Waals surface area contributed by atoms with Crippen LogP contribution in [0.3, 0.4) is 0 Å². The van der Waals surface area contributed by atoms with E-state index in [0.717, 1.165) is 26.2 Å². The first-order valence-corrected chi connectivity index (χ1v) is 6.65. The first-order valence-electron chi connectivity index (χ1n) is 5.71. The molecule has 5 heteroatoms. The highest BCUT2D eigenvalue weighted by Gasteiger charge is 2.33. The third-order valence-electron chi connectivity index (χ3n) is 3.43. The van der Waals surface area contributed by atoms with Crippen molar-refractivity contribution in [2.24, 2.45) is 11.8 Å². The zero-order chi connectivity index (χ0) is 11.0. The van der Waals surface area contributed by atoms with Crippen LogP contribution in [0, 0.1) is 11.8 Å². The molecule has 2 atom stereocenters. The number of carbonyl (C=O) groups is 1. The molecule has 2 unspecified atom stereocenters. The van der Waals surface area contributed by atoms with Crippen molar-refractivity contribution < 1.29 is 4.79 Å². The minimum Gasteiger partial charge on any atom is -0.337 e. The normalized spacial score (nSPS) is 29.1. The Balaban J connectivity index is 1.73. The van der Waals surface area contributed by atoms with Crippen LogP contribution in [0.25, 0.3) is 0 Å². The second kappa shape index (κ2) is 4.14. The van der Waals surface area contributed by atoms with Crippen LogP contribution in [0.1, 0.15) is 16.9 Å². The lowest BCUT2D eigenvalue weighted by Crippen LogP contribution is -2.52. The molecule has 0 saturated carbocycles. The molecule has 1 aromatic heterocycles. The SMILES string of the molecule is O=C(c1cscn1)N1CC2CNCC(C2)C1. The minimum absolute atomic E-state index is 0.109. The third kappa shape index (κ3) is 1.85. The molecule has 1 amide bonds. The molecule has 3 rings (SSSR count). The molecule has 2 bridgehead atoms. The molecule has 2 aliphatic rings. The molecule has 2 aliphatic heterocycles. The Labute approximate surface area is 98.7 Å². The Morgan fingerprint density at radius 2 is 2.19 bits per heavy atom. The summed E-state index contributed by atoms with van der Waals surface area (Å²) in [5, 5.41) is 5.27. The number of aromatic nitrogens is 1. The Morgan fingerprint density at radius 1 is 1.44 bits per heavy atom. The van der Waals surface area contributed by atoms with Gasteiger partial charge in [-0.05, 0) is 31.3 Å². The number of nitrogens with one attached hydrogen (secondary N) is 1. The predicted octanol–water partition coefficient (Wildman–Crippen LogP) is 0.825. The summed E-state index contributed by atoms with van der Waals surface area (Å²) >= 11 is 1.48. The molecule has 3 heterocycles. The van der Waals surface area contributed by atoms with E-state index in [9.17, 15) is 4.79 Å². The smallest absolute Gasteiger partial charge is 0.273 e. The van der Waals surface area contributed by atoms with Crippen molar-refractivity contribution >= 4 is 17.2 Å². The molecule has 86 valence electrons. The fourth-order valence-corrected chi connectivity index (χ4v) is 3.28. The van der Waals surface area contributed by atoms with Gasteiger partial charge in [-0.1, -0.05) is 0 Å². The fraction of sp³-hybridized carbons (Fsp3) is 0.636. The Bertz CT molecular complexity index is 367. The van der Waals surface area contributed by atoms with Crippen LogP contribution in [0.2, 0.25) is 0 Å². The second-order valence-electron chi connectivity index (χ2n) is 4.71. The monoisotopic (exact) mass is 237 g/mol. The van der Waals surface area contributed by atoms with Gasteiger partial charge in [-0.25, -0.2) is 4.98 Å². The molecule has 1 N–H and O–H groups in total. The van der Waals surface area contributed by atoms with Gasteiger partial charge in [0.25, 0.3) is 5.91 Å². The van der Waals surface area contributed by atoms with E-state index < -0.39 is 0 Å². The van der Waals surface area contributed by atoms with Crippen LogP contribution in [0.5, 0.6) is 0 Å². The minimum atomic E-state index is 0.109. The molecular formula is C11H15N3OS. The molecule has 0 spiro atoms. The first-order chi connectivity index (χ1) is 7.83. The molecule has 2 fully saturated rings. The van der Waals surface area contributed by atoms with Gasteiger partial charge in [0.1, 0.15) is 5.69 Å². The van der Waals surface area contributed by atoms with Crippen molar-refractivity contribution in [1.82, 2.24) is 15.2 Å². The van der Waals surface area contributed by atoms with E-state index in [1.165, 1.54) is 17.8 Å². The summed E-state index contributed by atoms with van der Waals surface area (Å²) in [6.45, 7) is 3.88. The fourth-order valence-electron chi connectivity index (χ4n) is 2.75. The highest BCUT2D eigenvalue weighted by Crippen LogP contribution is 2.25. The van der Waals surface area contributed by atoms with Crippen molar-refractivity contribution in [3.05, 3.63) is 16.6 Å². The summed E-state index contributed by atoms with van der Waals surface area (Å²) in [6, 6.07) is 0. The summed E-state index contributed by atoms with van der Waals surface area (Å²) in [5.41, 5.74) is 2.33. The average Bonchev–Trinajstić information content (AvgIpc) is 2.81. The van der Waals surface area contributed by atoms with Gasteiger partial charge in [0.2, 0.25) is 0 Å². The van der Waals surface area contributed by atoms with Gasteiger partial charge in [-0.3, -0.25) is 4.79 Å². The summed E-state index contributed by atoms with van der Waals surface area (Å²) in [4.78, 5) is 18.2. The summed E-state index contributed by atoms with van der Waals surface area (Å²) < 4.78 is 0. The quantitative estimate of drug-likeness (QED) is 0.786. The number of fused-ring (bicyclic) bond motifs is 2. The summed E-state index contributed by atoms with van der Waals surface area (Å²) in [7, 11) is 0. The maximum Gasteiger partial charge on any atom is 0.273 e. The average molecular weight is 237 g/mol. The molecule has 1 aromatic rings. The zero-order valence-corrected chi connectivity index (χ0v) is 9.87. The maximum atomic E-state index is 12.1. The number of hydrogen-bond donors (Lipinski definition) is 1. The Morgan fingerprint density at radius 3 is 2.81 bits per heavy atom. The lowest BCUT2D eigenvalue weighted by molar-refractivity contribution is 0.0533. The van der Waals surface area contributed by atoms with Crippen molar-refractivity contribution in [2.45, 2.75) is 6.42 Å². The predicted molar refractivity (Wildman–Crippen MR) is 62.5 cm³/mol. The lowest BCUT2D eigenvalue weighted by Gasteiger charge is -2.41. The van der Waals surface area contributed by atoms with Gasteiger partial charge < -0.3 is 10.2 Å². The topological polar surface area (TPSA) is 45.2 Å². The number of nitrogens with zero attached hydrogens (tertiary/aromatic N) is 2. The first kappa shape index (κ1) is 10.2. The van der Waals surface area contributed by atoms with Gasteiger partial charge >= 0.3 is 0 Å². The van der Waals surface area contributed by atoms with Crippen LogP contribution >= 0.6 is 11.3 Å². The van der Waals surface area contributed by atoms with Crippen molar-refractivity contribution in [1.29, 1.82) is 0 Å². The second-order valence-corrected chi connectivity index (χ2v) is 5.43. The summed E-state index contributed by atoms with van der Waals surface area (Å²) in [6.07, 6.45) is 1.27. The number of thiazole rings is 1. The van der Waals surface area contributed by atoms with Crippen molar-refractivity contribution in [3.8, 4) is 0 Å². The number of piperidine rings is 2.